The topological polar surface area (TPSA) is 15.3 Å². The molecule has 1 N–H and O–H groups in total. The Bertz CT molecular complexity index is 367. The Labute approximate surface area is 110 Å². The number of hydrogen-bond donors (Lipinski definition) is 1. The Morgan fingerprint density at radius 2 is 1.94 bits per heavy atom. The van der Waals surface area contributed by atoms with E-state index < -0.39 is 0 Å². The van der Waals surface area contributed by atoms with Crippen molar-refractivity contribution in [2.45, 2.75) is 33.4 Å². The highest BCUT2D eigenvalue weighted by Crippen LogP contribution is 2.11. The highest BCUT2D eigenvalue weighted by atomic mass is 19.1. The first-order chi connectivity index (χ1) is 8.41. The van der Waals surface area contributed by atoms with E-state index in [2.05, 4.69) is 38.2 Å². The van der Waals surface area contributed by atoms with Crippen molar-refractivity contribution in [3.05, 3.63) is 35.1 Å². The van der Waals surface area contributed by atoms with Gasteiger partial charge in [-0.15, -0.1) is 0 Å². The first-order valence-electron chi connectivity index (χ1n) is 6.54. The predicted octanol–water partition coefficient (Wildman–Crippen LogP) is 2.81. The molecule has 3 heteroatoms. The molecule has 0 saturated carbocycles. The Balaban J connectivity index is 2.50. The Kier molecular flexibility index (Phi) is 5.76. The molecule has 0 saturated heterocycles. The summed E-state index contributed by atoms with van der Waals surface area (Å²) in [5.74, 6) is 0.450. The van der Waals surface area contributed by atoms with Gasteiger partial charge in [-0.05, 0) is 50.2 Å². The van der Waals surface area contributed by atoms with Crippen molar-refractivity contribution in [3.8, 4) is 0 Å². The maximum absolute atomic E-state index is 13.0. The van der Waals surface area contributed by atoms with Crippen molar-refractivity contribution < 1.29 is 4.39 Å². The van der Waals surface area contributed by atoms with Gasteiger partial charge < -0.3 is 10.2 Å². The Hall–Kier alpha value is -0.930. The molecule has 0 spiro atoms. The van der Waals surface area contributed by atoms with E-state index in [4.69, 9.17) is 0 Å². The fourth-order valence-electron chi connectivity index (χ4n) is 2.23. The van der Waals surface area contributed by atoms with E-state index in [9.17, 15) is 4.39 Å². The zero-order chi connectivity index (χ0) is 13.7. The van der Waals surface area contributed by atoms with Crippen LogP contribution in [-0.2, 0) is 6.54 Å². The van der Waals surface area contributed by atoms with Crippen LogP contribution in [0.1, 0.15) is 25.0 Å². The summed E-state index contributed by atoms with van der Waals surface area (Å²) >= 11 is 0. The summed E-state index contributed by atoms with van der Waals surface area (Å²) in [4.78, 5) is 2.25. The molecule has 1 aromatic carbocycles. The lowest BCUT2D eigenvalue weighted by molar-refractivity contribution is 0.224. The minimum Gasteiger partial charge on any atom is -0.311 e. The van der Waals surface area contributed by atoms with Crippen LogP contribution in [0, 0.1) is 18.7 Å². The third-order valence-corrected chi connectivity index (χ3v) is 3.41. The number of benzene rings is 1. The molecule has 0 aliphatic heterocycles. The number of aryl methyl sites for hydroxylation is 1. The minimum absolute atomic E-state index is 0.162. The number of nitrogens with zero attached hydrogens (tertiary/aromatic N) is 1. The van der Waals surface area contributed by atoms with Crippen LogP contribution >= 0.6 is 0 Å². The maximum Gasteiger partial charge on any atom is 0.123 e. The molecule has 0 aromatic heterocycles. The SMILES string of the molecule is Cc1cc(F)ccc1CNCC(C(C)C)N(C)C. The van der Waals surface area contributed by atoms with Crippen molar-refractivity contribution in [1.29, 1.82) is 0 Å². The van der Waals surface area contributed by atoms with Gasteiger partial charge in [0.1, 0.15) is 5.82 Å². The molecule has 0 bridgehead atoms. The molecule has 18 heavy (non-hydrogen) atoms. The summed E-state index contributed by atoms with van der Waals surface area (Å²) < 4.78 is 13.0. The first-order valence-corrected chi connectivity index (χ1v) is 6.54. The molecule has 102 valence electrons. The number of likely N-dealkylation sites (N-methyl/N-ethyl adjacent to an activating group) is 1. The highest BCUT2D eigenvalue weighted by Gasteiger charge is 2.14. The second-order valence-corrected chi connectivity index (χ2v) is 5.48. The van der Waals surface area contributed by atoms with Crippen molar-refractivity contribution in [1.82, 2.24) is 10.2 Å². The van der Waals surface area contributed by atoms with Gasteiger partial charge in [0.25, 0.3) is 0 Å². The summed E-state index contributed by atoms with van der Waals surface area (Å²) in [5, 5.41) is 3.46. The minimum atomic E-state index is -0.162. The highest BCUT2D eigenvalue weighted by molar-refractivity contribution is 5.26. The second kappa shape index (κ2) is 6.86. The van der Waals surface area contributed by atoms with Gasteiger partial charge in [0.05, 0.1) is 0 Å². The van der Waals surface area contributed by atoms with E-state index in [1.54, 1.807) is 6.07 Å². The Morgan fingerprint density at radius 1 is 1.28 bits per heavy atom. The van der Waals surface area contributed by atoms with Crippen LogP contribution in [0.3, 0.4) is 0 Å². The number of hydrogen-bond acceptors (Lipinski definition) is 2. The lowest BCUT2D eigenvalue weighted by Crippen LogP contribution is -2.41. The molecule has 1 aromatic rings. The van der Waals surface area contributed by atoms with Crippen LogP contribution < -0.4 is 5.32 Å². The molecular weight excluding hydrogens is 227 g/mol. The summed E-state index contributed by atoms with van der Waals surface area (Å²) in [7, 11) is 4.21. The average molecular weight is 252 g/mol. The summed E-state index contributed by atoms with van der Waals surface area (Å²) in [6.45, 7) is 8.15. The first kappa shape index (κ1) is 15.1. The van der Waals surface area contributed by atoms with Gasteiger partial charge in [0.2, 0.25) is 0 Å². The largest absolute Gasteiger partial charge is 0.311 e. The third kappa shape index (κ3) is 4.39. The number of nitrogens with one attached hydrogen (secondary N) is 1. The third-order valence-electron chi connectivity index (χ3n) is 3.41. The maximum atomic E-state index is 13.0. The zero-order valence-corrected chi connectivity index (χ0v) is 12.1. The van der Waals surface area contributed by atoms with E-state index in [1.807, 2.05) is 13.0 Å². The molecule has 0 fully saturated rings. The van der Waals surface area contributed by atoms with Crippen molar-refractivity contribution in [3.63, 3.8) is 0 Å². The standard InChI is InChI=1S/C15H25FN2/c1-11(2)15(18(4)5)10-17-9-13-6-7-14(16)8-12(13)3/h6-8,11,15,17H,9-10H2,1-5H3. The Morgan fingerprint density at radius 3 is 2.44 bits per heavy atom. The smallest absolute Gasteiger partial charge is 0.123 e. The van der Waals surface area contributed by atoms with Gasteiger partial charge in [0.15, 0.2) is 0 Å². The molecule has 1 rings (SSSR count). The van der Waals surface area contributed by atoms with Gasteiger partial charge in [-0.2, -0.15) is 0 Å². The van der Waals surface area contributed by atoms with E-state index in [0.717, 1.165) is 24.2 Å². The quantitative estimate of drug-likeness (QED) is 0.837. The summed E-state index contributed by atoms with van der Waals surface area (Å²) in [5.41, 5.74) is 2.17. The van der Waals surface area contributed by atoms with Crippen molar-refractivity contribution in [2.24, 2.45) is 5.92 Å². The molecule has 0 aliphatic rings. The van der Waals surface area contributed by atoms with E-state index in [0.29, 0.717) is 12.0 Å². The lowest BCUT2D eigenvalue weighted by Gasteiger charge is -2.28. The summed E-state index contributed by atoms with van der Waals surface area (Å²) in [6, 6.07) is 5.49. The molecule has 0 radical (unpaired) electrons. The van der Waals surface area contributed by atoms with Gasteiger partial charge >= 0.3 is 0 Å². The van der Waals surface area contributed by atoms with Crippen LogP contribution in [-0.4, -0.2) is 31.6 Å². The van der Waals surface area contributed by atoms with Gasteiger partial charge in [-0.3, -0.25) is 0 Å². The van der Waals surface area contributed by atoms with Crippen LogP contribution in [0.5, 0.6) is 0 Å². The fourth-order valence-corrected chi connectivity index (χ4v) is 2.23. The van der Waals surface area contributed by atoms with Crippen molar-refractivity contribution >= 4 is 0 Å². The lowest BCUT2D eigenvalue weighted by atomic mass is 10.0. The van der Waals surface area contributed by atoms with Gasteiger partial charge in [-0.1, -0.05) is 19.9 Å². The molecule has 0 amide bonds. The number of halogens is 1. The molecule has 1 unspecified atom stereocenters. The van der Waals surface area contributed by atoms with Crippen LogP contribution in [0.4, 0.5) is 4.39 Å². The second-order valence-electron chi connectivity index (χ2n) is 5.48. The van der Waals surface area contributed by atoms with E-state index >= 15 is 0 Å². The van der Waals surface area contributed by atoms with Gasteiger partial charge in [0, 0.05) is 19.1 Å². The van der Waals surface area contributed by atoms with E-state index in [-0.39, 0.29) is 5.82 Å². The van der Waals surface area contributed by atoms with Crippen LogP contribution in [0.2, 0.25) is 0 Å². The van der Waals surface area contributed by atoms with E-state index in [1.165, 1.54) is 6.07 Å². The summed E-state index contributed by atoms with van der Waals surface area (Å²) in [6.07, 6.45) is 0. The van der Waals surface area contributed by atoms with Gasteiger partial charge in [-0.25, -0.2) is 4.39 Å². The molecular formula is C15H25FN2. The number of rotatable bonds is 6. The average Bonchev–Trinajstić information content (AvgIpc) is 2.25. The molecule has 1 atom stereocenters. The fraction of sp³-hybridized carbons (Fsp3) is 0.600. The van der Waals surface area contributed by atoms with Crippen molar-refractivity contribution in [2.75, 3.05) is 20.6 Å². The van der Waals surface area contributed by atoms with Crippen LogP contribution in [0.25, 0.3) is 0 Å². The zero-order valence-electron chi connectivity index (χ0n) is 12.1. The monoisotopic (exact) mass is 252 g/mol. The molecule has 2 nitrogen and oxygen atoms in total. The normalized spacial score (nSPS) is 13.3. The molecule has 0 aliphatic carbocycles. The molecule has 0 heterocycles. The van der Waals surface area contributed by atoms with Crippen LogP contribution in [0.15, 0.2) is 18.2 Å². The predicted molar refractivity (Wildman–Crippen MR) is 75.2 cm³/mol.